The smallest absolute Gasteiger partial charge is 0.163 e. The molecule has 0 aliphatic rings. The van der Waals surface area contributed by atoms with Crippen molar-refractivity contribution in [3.63, 3.8) is 0 Å². The van der Waals surface area contributed by atoms with E-state index in [1.165, 1.54) is 0 Å². The van der Waals surface area contributed by atoms with E-state index in [1.54, 1.807) is 0 Å². The van der Waals surface area contributed by atoms with Crippen molar-refractivity contribution in [2.75, 3.05) is 0 Å². The van der Waals surface area contributed by atoms with Crippen LogP contribution in [-0.2, 0) is 0 Å². The Bertz CT molecular complexity index is 5730. The summed E-state index contributed by atoms with van der Waals surface area (Å²) in [5.74, 6) is 0. The Balaban J connectivity index is 0.904. The number of para-hydroxylation sites is 4. The van der Waals surface area contributed by atoms with Gasteiger partial charge in [0.15, 0.2) is 11.2 Å². The van der Waals surface area contributed by atoms with E-state index in [4.69, 9.17) is 14.4 Å². The third kappa shape index (κ3) is 7.39. The highest BCUT2D eigenvalue weighted by Gasteiger charge is 2.26. The highest BCUT2D eigenvalue weighted by Crippen LogP contribution is 2.46. The van der Waals surface area contributed by atoms with Gasteiger partial charge in [-0.25, -0.2) is 9.97 Å². The van der Waals surface area contributed by atoms with Crippen molar-refractivity contribution < 1.29 is 4.42 Å². The summed E-state index contributed by atoms with van der Waals surface area (Å²) in [5.41, 5.74) is 22.5. The average Bonchev–Trinajstić information content (AvgIpc) is 1.97. The van der Waals surface area contributed by atoms with Crippen LogP contribution in [0.5, 0.6) is 0 Å². The van der Waals surface area contributed by atoms with Crippen molar-refractivity contribution in [1.82, 2.24) is 48.2 Å². The first-order chi connectivity index (χ1) is 44.1. The lowest BCUT2D eigenvalue weighted by Gasteiger charge is -2.10. The molecule has 89 heavy (non-hydrogen) atoms. The van der Waals surface area contributed by atoms with Gasteiger partial charge in [0.05, 0.1) is 55.5 Å². The van der Waals surface area contributed by atoms with Gasteiger partial charge in [-0.15, -0.1) is 0 Å². The molecule has 0 aliphatic heterocycles. The van der Waals surface area contributed by atoms with Crippen molar-refractivity contribution in [1.29, 1.82) is 0 Å². The topological polar surface area (TPSA) is 110 Å². The Morgan fingerprint density at radius 3 is 0.820 bits per heavy atom. The van der Waals surface area contributed by atoms with Gasteiger partial charge >= 0.3 is 0 Å². The summed E-state index contributed by atoms with van der Waals surface area (Å²) < 4.78 is 16.8. The largest absolute Gasteiger partial charge is 0.451 e. The van der Waals surface area contributed by atoms with Gasteiger partial charge in [-0.3, -0.25) is 19.9 Å². The number of nitrogens with zero attached hydrogens (tertiary/aromatic N) is 10. The van der Waals surface area contributed by atoms with E-state index in [9.17, 15) is 0 Å². The van der Waals surface area contributed by atoms with Gasteiger partial charge in [0.25, 0.3) is 0 Å². The van der Waals surface area contributed by atoms with Crippen LogP contribution >= 0.6 is 0 Å². The molecule has 11 heterocycles. The Hall–Kier alpha value is -12.3. The lowest BCUT2D eigenvalue weighted by Crippen LogP contribution is -1.94. The molecule has 19 aromatic rings. The maximum atomic E-state index is 7.53. The molecule has 0 aliphatic carbocycles. The van der Waals surface area contributed by atoms with E-state index in [-0.39, 0.29) is 0 Å². The van der Waals surface area contributed by atoms with Gasteiger partial charge in [-0.2, -0.15) is 0 Å². The zero-order valence-corrected chi connectivity index (χ0v) is 47.4. The zero-order valence-electron chi connectivity index (χ0n) is 47.4. The van der Waals surface area contributed by atoms with Crippen molar-refractivity contribution in [3.05, 3.63) is 280 Å². The molecule has 0 radical (unpaired) electrons. The summed E-state index contributed by atoms with van der Waals surface area (Å²) in [6.45, 7) is 0. The molecule has 414 valence electrons. The van der Waals surface area contributed by atoms with Crippen LogP contribution in [0.15, 0.2) is 285 Å². The van der Waals surface area contributed by atoms with Gasteiger partial charge < -0.3 is 22.7 Å². The predicted molar refractivity (Wildman–Crippen MR) is 360 cm³/mol. The number of fused-ring (bicyclic) bond motifs is 15. The quantitative estimate of drug-likeness (QED) is 0.149. The predicted octanol–water partition coefficient (Wildman–Crippen LogP) is 19.0. The minimum absolute atomic E-state index is 0.628. The van der Waals surface area contributed by atoms with E-state index < -0.39 is 0 Å². The molecule has 0 bridgehead atoms. The van der Waals surface area contributed by atoms with Crippen LogP contribution < -0.4 is 0 Å². The fourth-order valence-corrected chi connectivity index (χ4v) is 14.0. The highest BCUT2D eigenvalue weighted by molar-refractivity contribution is 6.17. The normalized spacial score (nSPS) is 12.0. The van der Waals surface area contributed by atoms with Crippen LogP contribution in [0.1, 0.15) is 0 Å². The summed E-state index contributed by atoms with van der Waals surface area (Å²) in [5, 5.41) is 8.46. The van der Waals surface area contributed by atoms with E-state index >= 15 is 0 Å². The second kappa shape index (κ2) is 19.1. The molecule has 11 aromatic heterocycles. The molecule has 0 saturated carbocycles. The lowest BCUT2D eigenvalue weighted by atomic mass is 9.98. The summed E-state index contributed by atoms with van der Waals surface area (Å²) in [6, 6.07) is 81.6. The second-order valence-electron chi connectivity index (χ2n) is 22.8. The number of pyridine rings is 6. The van der Waals surface area contributed by atoms with Crippen molar-refractivity contribution in [2.24, 2.45) is 0 Å². The minimum atomic E-state index is 0.628. The van der Waals surface area contributed by atoms with E-state index in [0.29, 0.717) is 22.2 Å². The lowest BCUT2D eigenvalue weighted by molar-refractivity contribution is 0.669. The number of benzene rings is 8. The van der Waals surface area contributed by atoms with Gasteiger partial charge in [0.2, 0.25) is 0 Å². The first-order valence-corrected chi connectivity index (χ1v) is 29.7. The maximum Gasteiger partial charge on any atom is 0.163 e. The molecule has 11 nitrogen and oxygen atoms in total. The first kappa shape index (κ1) is 49.0. The highest BCUT2D eigenvalue weighted by atomic mass is 16.3. The van der Waals surface area contributed by atoms with Gasteiger partial charge in [0, 0.05) is 138 Å². The molecule has 0 fully saturated rings. The zero-order chi connectivity index (χ0) is 58.3. The van der Waals surface area contributed by atoms with Crippen LogP contribution in [0, 0.1) is 0 Å². The molecule has 0 saturated heterocycles. The number of rotatable bonds is 8. The van der Waals surface area contributed by atoms with Crippen molar-refractivity contribution in [3.8, 4) is 67.5 Å². The Labute approximate surface area is 506 Å². The molecule has 0 amide bonds. The number of furan rings is 1. The third-order valence-corrected chi connectivity index (χ3v) is 17.9. The standard InChI is InChI=1S/C78H46N10O/c1-5-13-51(14-6-1)85-67-25-21-47(37-57(67)61-43-79-33-29-71(61)85)55-41-65(49-23-27-69-59(39-49)63-45-81-35-31-73(63)87(69)53-17-9-3-10-18-53)83-75-76-78(89-77(55)75)56(48-22-26-68-58(38-48)62-44-80-34-30-72(62)86(68)52-15-7-2-8-16-52)42-66(84-76)50-24-28-70-60(40-50)64-46-82-36-32-74(64)88(70)54-19-11-4-12-20-54/h1-46H. The van der Waals surface area contributed by atoms with Crippen LogP contribution in [0.25, 0.3) is 177 Å². The van der Waals surface area contributed by atoms with E-state index in [2.05, 4.69) is 269 Å². The SMILES string of the molecule is c1ccc(-n2c3ccncc3c3cc(-c4cc(-c5ccc6c(c5)c5cnccc5n6-c5ccccc5)c5oc6c(-c7ccc8c(c7)c7cnccc7n8-c7ccccc7)cc(-c7ccc8c(c7)c7cnccc7n8-c7ccccc7)nc6c5n4)ccc32)cc1. The summed E-state index contributed by atoms with van der Waals surface area (Å²) in [4.78, 5) is 30.1. The number of hydrogen-bond acceptors (Lipinski definition) is 7. The molecule has 0 unspecified atom stereocenters. The van der Waals surface area contributed by atoms with E-state index in [0.717, 1.165) is 155 Å². The van der Waals surface area contributed by atoms with Gasteiger partial charge in [-0.05, 0) is 145 Å². The molecule has 19 rings (SSSR count). The van der Waals surface area contributed by atoms with Gasteiger partial charge in [0.1, 0.15) is 11.0 Å². The minimum Gasteiger partial charge on any atom is -0.451 e. The van der Waals surface area contributed by atoms with Crippen molar-refractivity contribution >= 4 is 109 Å². The van der Waals surface area contributed by atoms with Gasteiger partial charge in [-0.1, -0.05) is 97.1 Å². The van der Waals surface area contributed by atoms with Crippen LogP contribution in [0.2, 0.25) is 0 Å². The monoisotopic (exact) mass is 1140 g/mol. The number of hydrogen-bond donors (Lipinski definition) is 0. The molecule has 0 atom stereocenters. The average molecular weight is 1140 g/mol. The van der Waals surface area contributed by atoms with Crippen LogP contribution in [0.3, 0.4) is 0 Å². The third-order valence-electron chi connectivity index (χ3n) is 17.9. The van der Waals surface area contributed by atoms with Crippen molar-refractivity contribution in [2.45, 2.75) is 0 Å². The summed E-state index contributed by atoms with van der Waals surface area (Å²) in [7, 11) is 0. The Morgan fingerprint density at radius 2 is 0.517 bits per heavy atom. The molecular weight excluding hydrogens is 1090 g/mol. The first-order valence-electron chi connectivity index (χ1n) is 29.7. The molecule has 11 heteroatoms. The number of aromatic nitrogens is 10. The van der Waals surface area contributed by atoms with E-state index in [1.807, 2.05) is 49.6 Å². The second-order valence-corrected chi connectivity index (χ2v) is 22.8. The molecule has 0 N–H and O–H groups in total. The molecule has 0 spiro atoms. The Kier molecular flexibility index (Phi) is 10.5. The fourth-order valence-electron chi connectivity index (χ4n) is 14.0. The van der Waals surface area contributed by atoms with Crippen LogP contribution in [-0.4, -0.2) is 48.2 Å². The summed E-state index contributed by atoms with van der Waals surface area (Å²) in [6.07, 6.45) is 15.3. The summed E-state index contributed by atoms with van der Waals surface area (Å²) >= 11 is 0. The molecular formula is C78H46N10O. The maximum absolute atomic E-state index is 7.53. The Morgan fingerprint density at radius 1 is 0.247 bits per heavy atom. The fraction of sp³-hybridized carbons (Fsp3) is 0. The van der Waals surface area contributed by atoms with Crippen LogP contribution in [0.4, 0.5) is 0 Å². The molecule has 8 aromatic carbocycles.